The zero-order valence-corrected chi connectivity index (χ0v) is 22.2. The minimum Gasteiger partial charge on any atom is -0.367 e. The highest BCUT2D eigenvalue weighted by molar-refractivity contribution is 7.88. The Hall–Kier alpha value is -4.10. The van der Waals surface area contributed by atoms with E-state index >= 15 is 0 Å². The summed E-state index contributed by atoms with van der Waals surface area (Å²) in [6, 6.07) is 15.2. The summed E-state index contributed by atoms with van der Waals surface area (Å²) in [4.78, 5) is 15.3. The molecule has 0 unspecified atom stereocenters. The first-order valence-electron chi connectivity index (χ1n) is 12.5. The number of sulfonamides is 1. The van der Waals surface area contributed by atoms with Crippen molar-refractivity contribution in [2.75, 3.05) is 31.1 Å². The molecule has 3 aromatic carbocycles. The Morgan fingerprint density at radius 3 is 2.12 bits per heavy atom. The number of anilines is 1. The number of halogens is 5. The number of nitrogens with zero attached hydrogens (tertiary/aromatic N) is 4. The highest BCUT2D eigenvalue weighted by atomic mass is 32.2. The first-order valence-corrected chi connectivity index (χ1v) is 14.1. The van der Waals surface area contributed by atoms with Crippen molar-refractivity contribution >= 4 is 15.7 Å². The largest absolute Gasteiger partial charge is 0.416 e. The average Bonchev–Trinajstić information content (AvgIpc) is 2.92. The van der Waals surface area contributed by atoms with Gasteiger partial charge in [-0.2, -0.15) is 27.3 Å². The molecular weight excluding hydrogens is 567 g/mol. The summed E-state index contributed by atoms with van der Waals surface area (Å²) < 4.78 is 96.5. The van der Waals surface area contributed by atoms with Crippen LogP contribution in [0.5, 0.6) is 0 Å². The molecule has 0 bridgehead atoms. The third-order valence-corrected chi connectivity index (χ3v) is 8.54. The van der Waals surface area contributed by atoms with E-state index in [1.165, 1.54) is 16.6 Å². The van der Waals surface area contributed by atoms with Gasteiger partial charge in [-0.05, 0) is 35.4 Å². The van der Waals surface area contributed by atoms with Crippen LogP contribution in [-0.2, 0) is 22.0 Å². The van der Waals surface area contributed by atoms with Crippen molar-refractivity contribution in [3.05, 3.63) is 112 Å². The van der Waals surface area contributed by atoms with Crippen LogP contribution in [0.25, 0.3) is 16.8 Å². The maximum absolute atomic E-state index is 13.9. The number of aromatic nitrogens is 2. The van der Waals surface area contributed by atoms with Crippen molar-refractivity contribution < 1.29 is 30.4 Å². The van der Waals surface area contributed by atoms with Gasteiger partial charge in [0.05, 0.1) is 34.5 Å². The van der Waals surface area contributed by atoms with E-state index in [1.807, 2.05) is 0 Å². The molecule has 5 rings (SSSR count). The van der Waals surface area contributed by atoms with Gasteiger partial charge in [-0.3, -0.25) is 4.79 Å². The highest BCUT2D eigenvalue weighted by Gasteiger charge is 2.32. The van der Waals surface area contributed by atoms with Crippen molar-refractivity contribution in [2.45, 2.75) is 11.9 Å². The van der Waals surface area contributed by atoms with Gasteiger partial charge in [0.2, 0.25) is 10.0 Å². The molecule has 1 aromatic heterocycles. The summed E-state index contributed by atoms with van der Waals surface area (Å²) in [7, 11) is -3.66. The Labute approximate surface area is 232 Å². The van der Waals surface area contributed by atoms with Crippen LogP contribution in [0.15, 0.2) is 83.8 Å². The van der Waals surface area contributed by atoms with Gasteiger partial charge in [-0.25, -0.2) is 17.2 Å². The van der Waals surface area contributed by atoms with Gasteiger partial charge in [0.15, 0.2) is 0 Å². The molecule has 0 atom stereocenters. The lowest BCUT2D eigenvalue weighted by Crippen LogP contribution is -2.49. The molecule has 0 amide bonds. The minimum absolute atomic E-state index is 0.0649. The molecule has 0 N–H and O–H groups in total. The molecule has 13 heteroatoms. The second-order valence-electron chi connectivity index (χ2n) is 9.46. The van der Waals surface area contributed by atoms with Gasteiger partial charge in [0.25, 0.3) is 5.56 Å². The summed E-state index contributed by atoms with van der Waals surface area (Å²) in [5.74, 6) is -2.12. The molecule has 0 aliphatic carbocycles. The van der Waals surface area contributed by atoms with Crippen LogP contribution in [0, 0.1) is 11.6 Å². The summed E-state index contributed by atoms with van der Waals surface area (Å²) in [6.45, 7) is 0.379. The van der Waals surface area contributed by atoms with E-state index in [0.717, 1.165) is 30.3 Å². The number of rotatable bonds is 6. The van der Waals surface area contributed by atoms with Crippen molar-refractivity contribution in [1.29, 1.82) is 0 Å². The summed E-state index contributed by atoms with van der Waals surface area (Å²) in [6.07, 6.45) is -3.46. The van der Waals surface area contributed by atoms with E-state index in [-0.39, 0.29) is 54.4 Å². The van der Waals surface area contributed by atoms with E-state index in [2.05, 4.69) is 5.10 Å². The van der Waals surface area contributed by atoms with Crippen LogP contribution in [-0.4, -0.2) is 48.7 Å². The standard InChI is InChI=1S/C28H23F5N4O3S/c29-22-14-23(30)16-24(15-22)37-27(38)26(20-7-4-8-21(13-20)28(31,32)33)25(17-34-37)35-9-11-36(12-10-35)41(39,40)18-19-5-2-1-3-6-19/h1-8,13-17H,9-12,18H2. The Morgan fingerprint density at radius 2 is 1.49 bits per heavy atom. The highest BCUT2D eigenvalue weighted by Crippen LogP contribution is 2.34. The van der Waals surface area contributed by atoms with Crippen molar-refractivity contribution in [3.63, 3.8) is 0 Å². The van der Waals surface area contributed by atoms with Crippen LogP contribution in [0.2, 0.25) is 0 Å². The van der Waals surface area contributed by atoms with Crippen molar-refractivity contribution in [3.8, 4) is 16.8 Å². The monoisotopic (exact) mass is 590 g/mol. The fourth-order valence-electron chi connectivity index (χ4n) is 4.74. The third kappa shape index (κ3) is 6.15. The van der Waals surface area contributed by atoms with E-state index in [1.54, 1.807) is 35.2 Å². The quantitative estimate of drug-likeness (QED) is 0.301. The van der Waals surface area contributed by atoms with Crippen LogP contribution < -0.4 is 10.5 Å². The van der Waals surface area contributed by atoms with Crippen LogP contribution >= 0.6 is 0 Å². The molecule has 2 heterocycles. The molecule has 1 aliphatic rings. The van der Waals surface area contributed by atoms with Crippen LogP contribution in [0.3, 0.4) is 0 Å². The van der Waals surface area contributed by atoms with Crippen molar-refractivity contribution in [2.24, 2.45) is 0 Å². The topological polar surface area (TPSA) is 75.5 Å². The molecule has 0 saturated carbocycles. The van der Waals surface area contributed by atoms with E-state index in [4.69, 9.17) is 0 Å². The average molecular weight is 591 g/mol. The van der Waals surface area contributed by atoms with E-state index in [0.29, 0.717) is 16.3 Å². The van der Waals surface area contributed by atoms with Crippen molar-refractivity contribution in [1.82, 2.24) is 14.1 Å². The summed E-state index contributed by atoms with van der Waals surface area (Å²) in [5.41, 5.74) is -1.58. The Kier molecular flexibility index (Phi) is 7.66. The van der Waals surface area contributed by atoms with Crippen LogP contribution in [0.1, 0.15) is 11.1 Å². The van der Waals surface area contributed by atoms with Gasteiger partial charge in [-0.15, -0.1) is 0 Å². The third-order valence-electron chi connectivity index (χ3n) is 6.69. The first-order chi connectivity index (χ1) is 19.4. The molecular formula is C28H23F5N4O3S. The molecule has 1 fully saturated rings. The van der Waals surface area contributed by atoms with Gasteiger partial charge >= 0.3 is 6.18 Å². The zero-order valence-electron chi connectivity index (χ0n) is 21.4. The Bertz CT molecular complexity index is 1720. The smallest absolute Gasteiger partial charge is 0.367 e. The van der Waals surface area contributed by atoms with Gasteiger partial charge in [0.1, 0.15) is 11.6 Å². The zero-order chi connectivity index (χ0) is 29.4. The second kappa shape index (κ2) is 11.1. The fourth-order valence-corrected chi connectivity index (χ4v) is 6.25. The molecule has 4 aromatic rings. The minimum atomic E-state index is -4.69. The molecule has 41 heavy (non-hydrogen) atoms. The van der Waals surface area contributed by atoms with Gasteiger partial charge in [0, 0.05) is 32.2 Å². The SMILES string of the molecule is O=c1c(-c2cccc(C(F)(F)F)c2)c(N2CCN(S(=O)(=O)Cc3ccccc3)CC2)cnn1-c1cc(F)cc(F)c1. The lowest BCUT2D eigenvalue weighted by Gasteiger charge is -2.36. The molecule has 0 radical (unpaired) electrons. The first kappa shape index (κ1) is 28.4. The van der Waals surface area contributed by atoms with E-state index < -0.39 is 39.0 Å². The maximum Gasteiger partial charge on any atom is 0.416 e. The number of alkyl halides is 3. The number of benzene rings is 3. The number of hydrogen-bond acceptors (Lipinski definition) is 5. The van der Waals surface area contributed by atoms with Gasteiger partial charge in [-0.1, -0.05) is 42.5 Å². The Morgan fingerprint density at radius 1 is 0.829 bits per heavy atom. The van der Waals surface area contributed by atoms with Crippen LogP contribution in [0.4, 0.5) is 27.6 Å². The molecule has 214 valence electrons. The molecule has 1 aliphatic heterocycles. The fraction of sp³-hybridized carbons (Fsp3) is 0.214. The second-order valence-corrected chi connectivity index (χ2v) is 11.4. The molecule has 7 nitrogen and oxygen atoms in total. The predicted molar refractivity (Wildman–Crippen MR) is 143 cm³/mol. The normalized spacial score (nSPS) is 14.8. The van der Waals surface area contributed by atoms with Gasteiger partial charge < -0.3 is 4.90 Å². The summed E-state index contributed by atoms with van der Waals surface area (Å²) >= 11 is 0. The number of hydrogen-bond donors (Lipinski definition) is 0. The lowest BCUT2D eigenvalue weighted by atomic mass is 10.0. The molecule has 0 spiro atoms. The van der Waals surface area contributed by atoms with E-state index in [9.17, 15) is 35.2 Å². The lowest BCUT2D eigenvalue weighted by molar-refractivity contribution is -0.137. The Balaban J connectivity index is 1.52. The molecule has 1 saturated heterocycles. The predicted octanol–water partition coefficient (Wildman–Crippen LogP) is 4.85. The summed E-state index contributed by atoms with van der Waals surface area (Å²) in [5, 5.41) is 4.06. The number of piperazine rings is 1. The maximum atomic E-state index is 13.9.